The molecule has 0 saturated heterocycles. The van der Waals surface area contributed by atoms with Crippen molar-refractivity contribution in [3.8, 4) is 0 Å². The summed E-state index contributed by atoms with van der Waals surface area (Å²) in [5.41, 5.74) is 0.0767. The lowest BCUT2D eigenvalue weighted by atomic mass is 9.91. The van der Waals surface area contributed by atoms with Gasteiger partial charge in [-0.15, -0.1) is 45.5 Å². The summed E-state index contributed by atoms with van der Waals surface area (Å²) in [6, 6.07) is 4.30. The molecule has 2 heterocycles. The van der Waals surface area contributed by atoms with Gasteiger partial charge in [-0.3, -0.25) is 4.99 Å². The van der Waals surface area contributed by atoms with Gasteiger partial charge in [0.2, 0.25) is 0 Å². The molecule has 0 aliphatic carbocycles. The quantitative estimate of drug-likeness (QED) is 0.151. The number of aliphatic imine (C=N–C) groups is 1. The van der Waals surface area contributed by atoms with E-state index in [1.54, 1.807) is 23.1 Å². The van der Waals surface area contributed by atoms with Crippen molar-refractivity contribution < 1.29 is 0 Å². The number of nitrogens with one attached hydrogen (secondary N) is 2. The Morgan fingerprint density at radius 3 is 2.66 bits per heavy atom. The first-order valence-electron chi connectivity index (χ1n) is 9.82. The highest BCUT2D eigenvalue weighted by molar-refractivity contribution is 14.0. The molecule has 2 rings (SSSR count). The minimum Gasteiger partial charge on any atom is -0.356 e. The molecule has 0 aliphatic heterocycles. The van der Waals surface area contributed by atoms with Crippen LogP contribution in [0.15, 0.2) is 27.7 Å². The van der Waals surface area contributed by atoms with Crippen molar-refractivity contribution in [3.05, 3.63) is 28.2 Å². The highest BCUT2D eigenvalue weighted by Gasteiger charge is 2.21. The number of hydrogen-bond donors (Lipinski definition) is 2. The lowest BCUT2D eigenvalue weighted by Crippen LogP contribution is -2.43. The van der Waals surface area contributed by atoms with Gasteiger partial charge in [-0.2, -0.15) is 0 Å². The van der Waals surface area contributed by atoms with Crippen LogP contribution in [0.1, 0.15) is 44.8 Å². The molecule has 0 spiro atoms. The van der Waals surface area contributed by atoms with Gasteiger partial charge in [-0.25, -0.2) is 0 Å². The zero-order valence-corrected chi connectivity index (χ0v) is 22.3. The van der Waals surface area contributed by atoms with E-state index in [1.807, 2.05) is 7.05 Å². The molecule has 9 heteroatoms. The Bertz CT molecular complexity index is 740. The third kappa shape index (κ3) is 8.09. The Morgan fingerprint density at radius 1 is 1.31 bits per heavy atom. The largest absolute Gasteiger partial charge is 0.356 e. The third-order valence-corrected chi connectivity index (χ3v) is 6.41. The maximum Gasteiger partial charge on any atom is 0.191 e. The summed E-state index contributed by atoms with van der Waals surface area (Å²) < 4.78 is 2.26. The van der Waals surface area contributed by atoms with Crippen molar-refractivity contribution in [3.63, 3.8) is 0 Å². The van der Waals surface area contributed by atoms with Gasteiger partial charge in [0.15, 0.2) is 11.1 Å². The number of nitrogens with zero attached hydrogens (tertiary/aromatic N) is 4. The molecule has 0 aromatic carbocycles. The van der Waals surface area contributed by atoms with Crippen LogP contribution < -0.4 is 10.6 Å². The topological polar surface area (TPSA) is 67.1 Å². The number of aryl methyl sites for hydroxylation is 1. The van der Waals surface area contributed by atoms with Crippen LogP contribution in [-0.2, 0) is 18.4 Å². The predicted molar refractivity (Wildman–Crippen MR) is 137 cm³/mol. The van der Waals surface area contributed by atoms with Crippen molar-refractivity contribution in [2.24, 2.45) is 10.9 Å². The molecule has 0 saturated carbocycles. The average molecular weight is 551 g/mol. The standard InChI is InChI=1S/C20H34N6S2.HI/c1-15(2)13-26-17(24-25-19(26)27-6)10-7-11-22-18(21-5)23-14-20(3,4)16-9-8-12-28-16;/h8-9,12,15H,7,10-11,13-14H2,1-6H3,(H2,21,22,23);1H. The highest BCUT2D eigenvalue weighted by Crippen LogP contribution is 2.26. The molecule has 2 aromatic heterocycles. The van der Waals surface area contributed by atoms with Crippen LogP contribution >= 0.6 is 47.1 Å². The van der Waals surface area contributed by atoms with Crippen LogP contribution in [0, 0.1) is 5.92 Å². The zero-order chi connectivity index (χ0) is 20.6. The third-order valence-electron chi connectivity index (χ3n) is 4.50. The van der Waals surface area contributed by atoms with Gasteiger partial charge in [-0.05, 0) is 30.0 Å². The van der Waals surface area contributed by atoms with Gasteiger partial charge in [0.1, 0.15) is 5.82 Å². The Labute approximate surface area is 200 Å². The van der Waals surface area contributed by atoms with Crippen LogP contribution in [-0.4, -0.2) is 47.1 Å². The van der Waals surface area contributed by atoms with Gasteiger partial charge >= 0.3 is 0 Å². The molecule has 29 heavy (non-hydrogen) atoms. The number of halogens is 1. The van der Waals surface area contributed by atoms with E-state index >= 15 is 0 Å². The van der Waals surface area contributed by atoms with Crippen molar-refractivity contribution >= 4 is 53.0 Å². The molecule has 0 unspecified atom stereocenters. The summed E-state index contributed by atoms with van der Waals surface area (Å²) >= 11 is 3.46. The first kappa shape index (κ1) is 26.2. The molecular weight excluding hydrogens is 515 g/mol. The Morgan fingerprint density at radius 2 is 2.07 bits per heavy atom. The molecule has 2 N–H and O–H groups in total. The fourth-order valence-corrected chi connectivity index (χ4v) is 4.31. The highest BCUT2D eigenvalue weighted by atomic mass is 127. The van der Waals surface area contributed by atoms with E-state index in [0.29, 0.717) is 5.92 Å². The number of thioether (sulfide) groups is 1. The summed E-state index contributed by atoms with van der Waals surface area (Å²) in [5.74, 6) is 2.49. The first-order valence-corrected chi connectivity index (χ1v) is 11.9. The molecule has 0 fully saturated rings. The number of aromatic nitrogens is 3. The number of guanidine groups is 1. The zero-order valence-electron chi connectivity index (χ0n) is 18.4. The number of hydrogen-bond acceptors (Lipinski definition) is 5. The van der Waals surface area contributed by atoms with Crippen molar-refractivity contribution in [2.75, 3.05) is 26.4 Å². The average Bonchev–Trinajstić information content (AvgIpc) is 3.31. The second-order valence-corrected chi connectivity index (χ2v) is 9.65. The van der Waals surface area contributed by atoms with Crippen molar-refractivity contribution in [1.29, 1.82) is 0 Å². The summed E-state index contributed by atoms with van der Waals surface area (Å²) in [6.45, 7) is 11.6. The predicted octanol–water partition coefficient (Wildman–Crippen LogP) is 4.41. The molecule has 2 aromatic rings. The van der Waals surface area contributed by atoms with Crippen LogP contribution in [0.4, 0.5) is 0 Å². The maximum absolute atomic E-state index is 4.39. The SMILES string of the molecule is CN=C(NCCCc1nnc(SC)n1CC(C)C)NCC(C)(C)c1cccs1.I. The summed E-state index contributed by atoms with van der Waals surface area (Å²) in [4.78, 5) is 5.73. The molecule has 0 atom stereocenters. The van der Waals surface area contributed by atoms with Crippen LogP contribution in [0.5, 0.6) is 0 Å². The molecule has 0 aliphatic rings. The Balaban J connectivity index is 0.00000420. The van der Waals surface area contributed by atoms with E-state index in [1.165, 1.54) is 4.88 Å². The smallest absolute Gasteiger partial charge is 0.191 e. The Kier molecular flexibility index (Phi) is 11.6. The molecule has 0 bridgehead atoms. The molecule has 0 amide bonds. The summed E-state index contributed by atoms with van der Waals surface area (Å²) in [6.07, 6.45) is 3.95. The van der Waals surface area contributed by atoms with E-state index in [4.69, 9.17) is 0 Å². The van der Waals surface area contributed by atoms with E-state index in [9.17, 15) is 0 Å². The van der Waals surface area contributed by atoms with Gasteiger partial charge in [-0.1, -0.05) is 45.5 Å². The maximum atomic E-state index is 4.39. The molecular formula is C20H35IN6S2. The summed E-state index contributed by atoms with van der Waals surface area (Å²) in [5, 5.41) is 18.7. The summed E-state index contributed by atoms with van der Waals surface area (Å²) in [7, 11) is 1.82. The lowest BCUT2D eigenvalue weighted by molar-refractivity contribution is 0.477. The Hall–Kier alpha value is -0.810. The molecule has 0 radical (unpaired) electrons. The fourth-order valence-electron chi connectivity index (χ4n) is 2.93. The van der Waals surface area contributed by atoms with Crippen molar-refractivity contribution in [2.45, 2.75) is 57.7 Å². The van der Waals surface area contributed by atoms with Crippen LogP contribution in [0.2, 0.25) is 0 Å². The van der Waals surface area contributed by atoms with Gasteiger partial charge in [0.05, 0.1) is 0 Å². The van der Waals surface area contributed by atoms with Crippen LogP contribution in [0.3, 0.4) is 0 Å². The van der Waals surface area contributed by atoms with E-state index in [0.717, 1.165) is 49.4 Å². The number of thiophene rings is 1. The van der Waals surface area contributed by atoms with Gasteiger partial charge < -0.3 is 15.2 Å². The van der Waals surface area contributed by atoms with Gasteiger partial charge in [0.25, 0.3) is 0 Å². The van der Waals surface area contributed by atoms with Crippen LogP contribution in [0.25, 0.3) is 0 Å². The van der Waals surface area contributed by atoms with Crippen molar-refractivity contribution in [1.82, 2.24) is 25.4 Å². The molecule has 164 valence electrons. The second kappa shape index (κ2) is 12.8. The minimum atomic E-state index is 0. The minimum absolute atomic E-state index is 0. The second-order valence-electron chi connectivity index (χ2n) is 7.92. The van der Waals surface area contributed by atoms with E-state index in [2.05, 4.69) is 81.9 Å². The lowest BCUT2D eigenvalue weighted by Gasteiger charge is -2.25. The van der Waals surface area contributed by atoms with E-state index in [-0.39, 0.29) is 29.4 Å². The van der Waals surface area contributed by atoms with Gasteiger partial charge in [0, 0.05) is 43.4 Å². The monoisotopic (exact) mass is 550 g/mol. The normalized spacial score (nSPS) is 12.2. The van der Waals surface area contributed by atoms with E-state index < -0.39 is 0 Å². The first-order chi connectivity index (χ1) is 13.4. The fraction of sp³-hybridized carbons (Fsp3) is 0.650. The number of rotatable bonds is 10. The molecule has 6 nitrogen and oxygen atoms in total.